The molecule has 2 amide bonds. The molecule has 0 radical (unpaired) electrons. The maximum atomic E-state index is 14.3. The molecule has 0 spiro atoms. The average Bonchev–Trinajstić information content (AvgIpc) is 2.99. The van der Waals surface area contributed by atoms with Gasteiger partial charge in [0.15, 0.2) is 5.78 Å². The molecule has 142 valence electrons. The normalized spacial score (nSPS) is 17.1. The third-order valence-corrected chi connectivity index (χ3v) is 4.12. The van der Waals surface area contributed by atoms with Gasteiger partial charge >= 0.3 is 6.09 Å². The number of ether oxygens (including phenoxy) is 1. The van der Waals surface area contributed by atoms with Crippen molar-refractivity contribution in [1.82, 2.24) is 10.2 Å². The molecule has 1 aromatic rings. The van der Waals surface area contributed by atoms with Crippen LogP contribution in [0.4, 0.5) is 9.18 Å². The van der Waals surface area contributed by atoms with Crippen molar-refractivity contribution in [2.45, 2.75) is 52.2 Å². The summed E-state index contributed by atoms with van der Waals surface area (Å²) >= 11 is 0. The Morgan fingerprint density at radius 1 is 1.31 bits per heavy atom. The fraction of sp³-hybridized carbons (Fsp3) is 0.526. The minimum atomic E-state index is -0.714. The number of rotatable bonds is 4. The van der Waals surface area contributed by atoms with E-state index in [1.807, 2.05) is 0 Å². The predicted octanol–water partition coefficient (Wildman–Crippen LogP) is 3.16. The maximum absolute atomic E-state index is 14.3. The minimum absolute atomic E-state index is 0.0702. The van der Waals surface area contributed by atoms with Gasteiger partial charge < -0.3 is 15.0 Å². The van der Waals surface area contributed by atoms with Gasteiger partial charge in [-0.15, -0.1) is 0 Å². The average molecular weight is 364 g/mol. The number of carbonyl (C=O) groups excluding carboxylic acids is 3. The highest BCUT2D eigenvalue weighted by atomic mass is 19.1. The maximum Gasteiger partial charge on any atom is 0.407 e. The third-order valence-electron chi connectivity index (χ3n) is 4.12. The molecule has 7 heteroatoms. The van der Waals surface area contributed by atoms with Crippen LogP contribution in [0.1, 0.15) is 61.3 Å². The van der Waals surface area contributed by atoms with E-state index >= 15 is 0 Å². The molecule has 2 rings (SSSR count). The summed E-state index contributed by atoms with van der Waals surface area (Å²) in [5.74, 6) is -1.41. The van der Waals surface area contributed by atoms with Crippen LogP contribution in [0, 0.1) is 5.82 Å². The number of nitrogens with zero attached hydrogens (tertiary/aromatic N) is 1. The summed E-state index contributed by atoms with van der Waals surface area (Å²) in [5.41, 5.74) is -0.445. The first-order valence-electron chi connectivity index (χ1n) is 8.67. The van der Waals surface area contributed by atoms with E-state index in [1.165, 1.54) is 19.1 Å². The number of nitrogens with one attached hydrogen (secondary N) is 1. The van der Waals surface area contributed by atoms with Crippen LogP contribution in [0.25, 0.3) is 0 Å². The van der Waals surface area contributed by atoms with E-state index in [9.17, 15) is 18.8 Å². The zero-order chi connectivity index (χ0) is 19.5. The van der Waals surface area contributed by atoms with Crippen LogP contribution in [0.15, 0.2) is 18.2 Å². The molecular weight excluding hydrogens is 339 g/mol. The lowest BCUT2D eigenvalue weighted by Gasteiger charge is -2.26. The quantitative estimate of drug-likeness (QED) is 0.833. The van der Waals surface area contributed by atoms with Gasteiger partial charge in [0.1, 0.15) is 11.4 Å². The Hall–Kier alpha value is -2.44. The van der Waals surface area contributed by atoms with Crippen molar-refractivity contribution in [3.63, 3.8) is 0 Å². The first kappa shape index (κ1) is 19.9. The molecule has 1 heterocycles. The number of benzene rings is 1. The second-order valence-electron chi connectivity index (χ2n) is 7.43. The zero-order valence-electron chi connectivity index (χ0n) is 15.6. The Kier molecular flexibility index (Phi) is 6.00. The molecule has 1 aromatic carbocycles. The van der Waals surface area contributed by atoms with Gasteiger partial charge in [-0.05, 0) is 52.7 Å². The Morgan fingerprint density at radius 2 is 2.00 bits per heavy atom. The van der Waals surface area contributed by atoms with E-state index in [2.05, 4.69) is 5.32 Å². The van der Waals surface area contributed by atoms with Crippen molar-refractivity contribution in [3.8, 4) is 0 Å². The molecule has 0 unspecified atom stereocenters. The van der Waals surface area contributed by atoms with Gasteiger partial charge in [0.05, 0.1) is 5.56 Å². The van der Waals surface area contributed by atoms with Gasteiger partial charge in [-0.1, -0.05) is 6.07 Å². The van der Waals surface area contributed by atoms with Gasteiger partial charge in [-0.3, -0.25) is 9.59 Å². The summed E-state index contributed by atoms with van der Waals surface area (Å²) in [4.78, 5) is 37.4. The lowest BCUT2D eigenvalue weighted by molar-refractivity contribution is 0.0501. The van der Waals surface area contributed by atoms with Gasteiger partial charge in [0, 0.05) is 24.7 Å². The van der Waals surface area contributed by atoms with E-state index in [0.29, 0.717) is 13.0 Å². The number of alkyl carbamates (subject to hydrolysis) is 1. The third kappa shape index (κ3) is 5.03. The number of likely N-dealkylation sites (tertiary alicyclic amines) is 1. The first-order chi connectivity index (χ1) is 12.1. The summed E-state index contributed by atoms with van der Waals surface area (Å²) in [5, 5.41) is 2.66. The van der Waals surface area contributed by atoms with Crippen LogP contribution < -0.4 is 5.32 Å². The molecule has 1 N–H and O–H groups in total. The number of ketones is 1. The summed E-state index contributed by atoms with van der Waals surface area (Å²) < 4.78 is 19.4. The van der Waals surface area contributed by atoms with Gasteiger partial charge in [-0.25, -0.2) is 9.18 Å². The molecule has 0 saturated carbocycles. The fourth-order valence-corrected chi connectivity index (χ4v) is 2.89. The first-order valence-corrected chi connectivity index (χ1v) is 8.67. The van der Waals surface area contributed by atoms with Crippen LogP contribution in [-0.2, 0) is 4.74 Å². The standard InChI is InChI=1S/C19H25FN2O4/c1-12(23)13-7-8-15(16(20)10-13)17(24)22-9-5-6-14(22)11-21-18(25)26-19(2,3)4/h7-8,10,14H,5-6,9,11H2,1-4H3,(H,21,25)/t14-/m0/s1. The monoisotopic (exact) mass is 364 g/mol. The Balaban J connectivity index is 2.04. The smallest absolute Gasteiger partial charge is 0.407 e. The van der Waals surface area contributed by atoms with Gasteiger partial charge in [0.2, 0.25) is 0 Å². The van der Waals surface area contributed by atoms with E-state index in [1.54, 1.807) is 25.7 Å². The lowest BCUT2D eigenvalue weighted by Crippen LogP contribution is -2.44. The number of halogens is 1. The molecule has 0 aliphatic carbocycles. The summed E-state index contributed by atoms with van der Waals surface area (Å²) in [6.45, 7) is 7.39. The molecule has 0 bridgehead atoms. The highest BCUT2D eigenvalue weighted by molar-refractivity contribution is 5.98. The van der Waals surface area contributed by atoms with Gasteiger partial charge in [0.25, 0.3) is 5.91 Å². The van der Waals surface area contributed by atoms with E-state index in [4.69, 9.17) is 4.74 Å². The number of hydrogen-bond acceptors (Lipinski definition) is 4. The van der Waals surface area contributed by atoms with Crippen molar-refractivity contribution >= 4 is 17.8 Å². The zero-order valence-corrected chi connectivity index (χ0v) is 15.6. The number of Topliss-reactive ketones (excluding diaryl/α,β-unsaturated/α-hetero) is 1. The van der Waals surface area contributed by atoms with Crippen molar-refractivity contribution in [3.05, 3.63) is 35.1 Å². The molecule has 1 aliphatic rings. The Labute approximate surface area is 152 Å². The van der Waals surface area contributed by atoms with Crippen LogP contribution in [-0.4, -0.2) is 47.4 Å². The summed E-state index contributed by atoms with van der Waals surface area (Å²) in [6.07, 6.45) is 0.947. The van der Waals surface area contributed by atoms with E-state index < -0.39 is 23.4 Å². The van der Waals surface area contributed by atoms with Crippen LogP contribution in [0.2, 0.25) is 0 Å². The molecule has 1 saturated heterocycles. The van der Waals surface area contributed by atoms with Crippen LogP contribution >= 0.6 is 0 Å². The number of carbonyl (C=O) groups is 3. The number of amides is 2. The van der Waals surface area contributed by atoms with Crippen LogP contribution in [0.5, 0.6) is 0 Å². The Bertz CT molecular complexity index is 712. The highest BCUT2D eigenvalue weighted by Gasteiger charge is 2.31. The minimum Gasteiger partial charge on any atom is -0.444 e. The van der Waals surface area contributed by atoms with Gasteiger partial charge in [-0.2, -0.15) is 0 Å². The highest BCUT2D eigenvalue weighted by Crippen LogP contribution is 2.22. The molecular formula is C19H25FN2O4. The van der Waals surface area contributed by atoms with Crippen molar-refractivity contribution < 1.29 is 23.5 Å². The Morgan fingerprint density at radius 3 is 2.58 bits per heavy atom. The van der Waals surface area contributed by atoms with Crippen LogP contribution in [0.3, 0.4) is 0 Å². The number of hydrogen-bond donors (Lipinski definition) is 1. The summed E-state index contributed by atoms with van der Waals surface area (Å²) in [6, 6.07) is 3.65. The largest absolute Gasteiger partial charge is 0.444 e. The van der Waals surface area contributed by atoms with Crippen molar-refractivity contribution in [2.24, 2.45) is 0 Å². The SMILES string of the molecule is CC(=O)c1ccc(C(=O)N2CCC[C@H]2CNC(=O)OC(C)(C)C)c(F)c1. The van der Waals surface area contributed by atoms with Crippen molar-refractivity contribution in [2.75, 3.05) is 13.1 Å². The second-order valence-corrected chi connectivity index (χ2v) is 7.43. The van der Waals surface area contributed by atoms with E-state index in [-0.39, 0.29) is 29.5 Å². The molecule has 6 nitrogen and oxygen atoms in total. The van der Waals surface area contributed by atoms with E-state index in [0.717, 1.165) is 12.5 Å². The molecule has 1 fully saturated rings. The lowest BCUT2D eigenvalue weighted by atomic mass is 10.1. The topological polar surface area (TPSA) is 75.7 Å². The summed E-state index contributed by atoms with van der Waals surface area (Å²) in [7, 11) is 0. The predicted molar refractivity (Wildman–Crippen MR) is 94.7 cm³/mol. The second kappa shape index (κ2) is 7.85. The molecule has 1 aliphatic heterocycles. The molecule has 1 atom stereocenters. The van der Waals surface area contributed by atoms with Crippen molar-refractivity contribution in [1.29, 1.82) is 0 Å². The fourth-order valence-electron chi connectivity index (χ4n) is 2.89. The molecule has 26 heavy (non-hydrogen) atoms. The molecule has 0 aromatic heterocycles.